The highest BCUT2D eigenvalue weighted by Gasteiger charge is 2.29. The van der Waals surface area contributed by atoms with E-state index in [4.69, 9.17) is 14.6 Å². The van der Waals surface area contributed by atoms with Crippen LogP contribution in [0.2, 0.25) is 0 Å². The maximum atomic E-state index is 12.3. The van der Waals surface area contributed by atoms with Crippen molar-refractivity contribution in [3.8, 4) is 5.75 Å². The number of phenolic OH excluding ortho intramolecular Hbond substituents is 1. The number of hydrogen-bond donors (Lipinski definition) is 3. The maximum Gasteiger partial charge on any atom is 0.414 e. The number of imide groups is 1. The van der Waals surface area contributed by atoms with Gasteiger partial charge in [-0.25, -0.2) is 9.59 Å². The second kappa shape index (κ2) is 10.6. The Morgan fingerprint density at radius 3 is 2.45 bits per heavy atom. The number of alkyl carbamates (subject to hydrolysis) is 1. The average molecular weight is 511 g/mol. The average Bonchev–Trinajstić information content (AvgIpc) is 2.69. The quantitative estimate of drug-likeness (QED) is 0.386. The SMILES string of the molecule is CO[C@H](/C=C/C(=O)O)[C@H](OC(=O)NC(=O)c1ccccc1)c1cc(I)ccc1O. The first kappa shape index (κ1) is 22.4. The third-order valence-corrected chi connectivity index (χ3v) is 4.45. The van der Waals surface area contributed by atoms with E-state index in [9.17, 15) is 19.5 Å². The number of phenols is 1. The first-order valence-corrected chi connectivity index (χ1v) is 9.39. The topological polar surface area (TPSA) is 122 Å². The molecule has 0 saturated heterocycles. The van der Waals surface area contributed by atoms with Gasteiger partial charge in [-0.2, -0.15) is 0 Å². The van der Waals surface area contributed by atoms with Gasteiger partial charge in [0.2, 0.25) is 0 Å². The van der Waals surface area contributed by atoms with Gasteiger partial charge in [0.25, 0.3) is 5.91 Å². The number of rotatable bonds is 7. The van der Waals surface area contributed by atoms with E-state index >= 15 is 0 Å². The molecule has 29 heavy (non-hydrogen) atoms. The maximum absolute atomic E-state index is 12.3. The minimum atomic E-state index is -1.22. The Morgan fingerprint density at radius 2 is 1.83 bits per heavy atom. The Kier molecular flexibility index (Phi) is 8.16. The standard InChI is InChI=1S/C20H18INO7/c1-28-16(9-10-17(24)25)18(14-11-13(21)7-8-15(14)23)29-20(27)22-19(26)12-5-3-2-4-6-12/h2-11,16,18,23H,1H3,(H,24,25)(H,22,26,27)/b10-9+/t16-,18-/m1/s1. The van der Waals surface area contributed by atoms with Crippen molar-refractivity contribution in [3.05, 3.63) is 75.4 Å². The first-order chi connectivity index (χ1) is 13.8. The van der Waals surface area contributed by atoms with Gasteiger partial charge < -0.3 is 19.7 Å². The van der Waals surface area contributed by atoms with Gasteiger partial charge in [-0.05, 0) is 59.0 Å². The molecule has 2 rings (SSSR count). The molecule has 0 aliphatic heterocycles. The van der Waals surface area contributed by atoms with Gasteiger partial charge in [0.1, 0.15) is 11.9 Å². The highest BCUT2D eigenvalue weighted by molar-refractivity contribution is 14.1. The summed E-state index contributed by atoms with van der Waals surface area (Å²) in [7, 11) is 1.30. The molecular formula is C20H18INO7. The van der Waals surface area contributed by atoms with Crippen molar-refractivity contribution in [1.82, 2.24) is 5.32 Å². The smallest absolute Gasteiger partial charge is 0.414 e. The summed E-state index contributed by atoms with van der Waals surface area (Å²) in [5, 5.41) is 21.2. The van der Waals surface area contributed by atoms with E-state index in [1.807, 2.05) is 22.6 Å². The zero-order chi connectivity index (χ0) is 21.4. The molecule has 0 aliphatic carbocycles. The molecule has 9 heteroatoms. The number of amides is 2. The number of ether oxygens (including phenoxy) is 2. The number of hydrogen-bond acceptors (Lipinski definition) is 6. The van der Waals surface area contributed by atoms with Crippen LogP contribution in [0.4, 0.5) is 4.79 Å². The Labute approximate surface area is 180 Å². The number of benzene rings is 2. The lowest BCUT2D eigenvalue weighted by atomic mass is 10.0. The third-order valence-electron chi connectivity index (χ3n) is 3.78. The molecule has 0 bridgehead atoms. The molecule has 2 atom stereocenters. The minimum Gasteiger partial charge on any atom is -0.508 e. The number of aromatic hydroxyl groups is 1. The molecule has 2 aromatic rings. The van der Waals surface area contributed by atoms with Crippen molar-refractivity contribution < 1.29 is 34.1 Å². The van der Waals surface area contributed by atoms with Crippen LogP contribution >= 0.6 is 22.6 Å². The summed E-state index contributed by atoms with van der Waals surface area (Å²) >= 11 is 2.01. The van der Waals surface area contributed by atoms with Gasteiger partial charge in [-0.15, -0.1) is 0 Å². The normalized spacial score (nSPS) is 12.9. The lowest BCUT2D eigenvalue weighted by molar-refractivity contribution is -0.131. The number of carbonyl (C=O) groups excluding carboxylic acids is 2. The molecular weight excluding hydrogens is 493 g/mol. The van der Waals surface area contributed by atoms with Crippen molar-refractivity contribution in [3.63, 3.8) is 0 Å². The Balaban J connectivity index is 2.29. The lowest BCUT2D eigenvalue weighted by Crippen LogP contribution is -2.34. The van der Waals surface area contributed by atoms with Crippen LogP contribution in [0.5, 0.6) is 5.75 Å². The van der Waals surface area contributed by atoms with Crippen molar-refractivity contribution in [2.75, 3.05) is 7.11 Å². The fourth-order valence-corrected chi connectivity index (χ4v) is 2.96. The molecule has 8 nitrogen and oxygen atoms in total. The van der Waals surface area contributed by atoms with Crippen LogP contribution < -0.4 is 5.32 Å². The van der Waals surface area contributed by atoms with Crippen LogP contribution in [0.15, 0.2) is 60.7 Å². The van der Waals surface area contributed by atoms with Crippen molar-refractivity contribution in [2.24, 2.45) is 0 Å². The minimum absolute atomic E-state index is 0.177. The second-order valence-corrected chi connectivity index (χ2v) is 6.99. The molecule has 2 amide bonds. The fourth-order valence-electron chi connectivity index (χ4n) is 2.44. The third kappa shape index (κ3) is 6.57. The molecule has 2 aromatic carbocycles. The zero-order valence-corrected chi connectivity index (χ0v) is 17.4. The molecule has 152 valence electrons. The number of halogens is 1. The molecule has 0 heterocycles. The molecule has 0 aliphatic rings. The lowest BCUT2D eigenvalue weighted by Gasteiger charge is -2.25. The zero-order valence-electron chi connectivity index (χ0n) is 15.2. The van der Waals surface area contributed by atoms with Crippen LogP contribution in [0.3, 0.4) is 0 Å². The summed E-state index contributed by atoms with van der Waals surface area (Å²) in [6, 6.07) is 12.7. The molecule has 0 aromatic heterocycles. The number of carbonyl (C=O) groups is 3. The van der Waals surface area contributed by atoms with Crippen LogP contribution in [0, 0.1) is 3.57 Å². The van der Waals surface area contributed by atoms with Crippen LogP contribution in [0.1, 0.15) is 22.0 Å². The van der Waals surface area contributed by atoms with E-state index in [1.54, 1.807) is 30.3 Å². The molecule has 0 saturated carbocycles. The van der Waals surface area contributed by atoms with E-state index in [0.29, 0.717) is 0 Å². The van der Waals surface area contributed by atoms with E-state index < -0.39 is 30.2 Å². The Bertz CT molecular complexity index is 914. The van der Waals surface area contributed by atoms with Crippen molar-refractivity contribution >= 4 is 40.6 Å². The van der Waals surface area contributed by atoms with Gasteiger partial charge in [0.15, 0.2) is 6.10 Å². The van der Waals surface area contributed by atoms with E-state index in [2.05, 4.69) is 5.32 Å². The number of methoxy groups -OCH3 is 1. The summed E-state index contributed by atoms with van der Waals surface area (Å²) in [6.07, 6.45) is -1.31. The highest BCUT2D eigenvalue weighted by atomic mass is 127. The molecule has 0 unspecified atom stereocenters. The van der Waals surface area contributed by atoms with Crippen LogP contribution in [0.25, 0.3) is 0 Å². The van der Waals surface area contributed by atoms with Gasteiger partial charge in [-0.1, -0.05) is 18.2 Å². The molecule has 3 N–H and O–H groups in total. The molecule has 0 radical (unpaired) electrons. The number of aliphatic carboxylic acids is 1. The Morgan fingerprint density at radius 1 is 1.14 bits per heavy atom. The van der Waals surface area contributed by atoms with Gasteiger partial charge in [0.05, 0.1) is 0 Å². The molecule has 0 spiro atoms. The summed E-state index contributed by atoms with van der Waals surface area (Å²) in [6.45, 7) is 0. The van der Waals surface area contributed by atoms with Gasteiger partial charge in [-0.3, -0.25) is 10.1 Å². The van der Waals surface area contributed by atoms with E-state index in [1.165, 1.54) is 31.4 Å². The highest BCUT2D eigenvalue weighted by Crippen LogP contribution is 2.32. The largest absolute Gasteiger partial charge is 0.508 e. The number of carboxylic acids is 1. The fraction of sp³-hybridized carbons (Fsp3) is 0.150. The molecule has 0 fully saturated rings. The number of nitrogens with one attached hydrogen (secondary N) is 1. The van der Waals surface area contributed by atoms with Crippen molar-refractivity contribution in [2.45, 2.75) is 12.2 Å². The predicted molar refractivity (Wildman–Crippen MR) is 112 cm³/mol. The second-order valence-electron chi connectivity index (χ2n) is 5.75. The number of carboxylic acid groups (broad SMARTS) is 1. The van der Waals surface area contributed by atoms with E-state index in [0.717, 1.165) is 9.65 Å². The summed E-state index contributed by atoms with van der Waals surface area (Å²) in [4.78, 5) is 35.4. The summed E-state index contributed by atoms with van der Waals surface area (Å²) in [5.41, 5.74) is 0.452. The first-order valence-electron chi connectivity index (χ1n) is 8.31. The van der Waals surface area contributed by atoms with Crippen LogP contribution in [-0.4, -0.2) is 41.4 Å². The van der Waals surface area contributed by atoms with E-state index in [-0.39, 0.29) is 16.9 Å². The van der Waals surface area contributed by atoms with Gasteiger partial charge in [0, 0.05) is 27.9 Å². The monoisotopic (exact) mass is 511 g/mol. The van der Waals surface area contributed by atoms with Gasteiger partial charge >= 0.3 is 12.1 Å². The Hall–Kier alpha value is -2.92. The summed E-state index contributed by atoms with van der Waals surface area (Å²) < 4.78 is 11.3. The predicted octanol–water partition coefficient (Wildman–Crippen LogP) is 3.26. The van der Waals surface area contributed by atoms with Crippen LogP contribution in [-0.2, 0) is 14.3 Å². The van der Waals surface area contributed by atoms with Crippen molar-refractivity contribution in [1.29, 1.82) is 0 Å². The summed E-state index contributed by atoms with van der Waals surface area (Å²) in [5.74, 6) is -2.07.